The van der Waals surface area contributed by atoms with Crippen LogP contribution in [0.25, 0.3) is 0 Å². The average molecular weight is 218 g/mol. The fourth-order valence-corrected chi connectivity index (χ4v) is 2.69. The van der Waals surface area contributed by atoms with Crippen LogP contribution in [0.1, 0.15) is 37.7 Å². The van der Waals surface area contributed by atoms with Crippen molar-refractivity contribution in [3.63, 3.8) is 0 Å². The predicted octanol–water partition coefficient (Wildman–Crippen LogP) is 2.91. The van der Waals surface area contributed by atoms with Crippen LogP contribution in [0.4, 0.5) is 5.69 Å². The van der Waals surface area contributed by atoms with E-state index < -0.39 is 0 Å². The highest BCUT2D eigenvalue weighted by molar-refractivity contribution is 5.53. The van der Waals surface area contributed by atoms with Gasteiger partial charge in [0.25, 0.3) is 0 Å². The summed E-state index contributed by atoms with van der Waals surface area (Å²) in [6.45, 7) is 0.632. The van der Waals surface area contributed by atoms with Gasteiger partial charge in [0.15, 0.2) is 0 Å². The van der Waals surface area contributed by atoms with Crippen molar-refractivity contribution in [1.29, 1.82) is 0 Å². The van der Waals surface area contributed by atoms with E-state index in [4.69, 9.17) is 5.73 Å². The van der Waals surface area contributed by atoms with Gasteiger partial charge >= 0.3 is 0 Å². The Balaban J connectivity index is 2.15. The lowest BCUT2D eigenvalue weighted by Crippen LogP contribution is -2.34. The van der Waals surface area contributed by atoms with Gasteiger partial charge in [-0.05, 0) is 24.5 Å². The summed E-state index contributed by atoms with van der Waals surface area (Å²) in [5.74, 6) is 0. The summed E-state index contributed by atoms with van der Waals surface area (Å²) >= 11 is 0. The first-order valence-corrected chi connectivity index (χ1v) is 6.33. The Morgan fingerprint density at radius 1 is 1.19 bits per heavy atom. The minimum absolute atomic E-state index is 0.632. The zero-order chi connectivity index (χ0) is 11.4. The molecule has 1 saturated carbocycles. The van der Waals surface area contributed by atoms with Crippen LogP contribution in [-0.2, 0) is 6.54 Å². The third-order valence-corrected chi connectivity index (χ3v) is 3.71. The number of para-hydroxylation sites is 1. The second kappa shape index (κ2) is 5.35. The first-order chi connectivity index (χ1) is 7.83. The number of nitrogens with two attached hydrogens (primary N) is 1. The second-order valence-corrected chi connectivity index (χ2v) is 4.74. The molecule has 1 aliphatic carbocycles. The zero-order valence-corrected chi connectivity index (χ0v) is 10.2. The lowest BCUT2D eigenvalue weighted by molar-refractivity contribution is 0.427. The summed E-state index contributed by atoms with van der Waals surface area (Å²) in [6.07, 6.45) is 6.81. The summed E-state index contributed by atoms with van der Waals surface area (Å²) in [6, 6.07) is 9.21. The molecule has 0 aliphatic heterocycles. The van der Waals surface area contributed by atoms with Gasteiger partial charge in [0.2, 0.25) is 0 Å². The van der Waals surface area contributed by atoms with Crippen molar-refractivity contribution >= 4 is 5.69 Å². The standard InChI is InChI=1S/C14H22N2/c1-16(13-8-3-2-4-9-13)14-10-6-5-7-12(14)11-15/h5-7,10,13H,2-4,8-9,11,15H2,1H3. The van der Waals surface area contributed by atoms with E-state index >= 15 is 0 Å². The number of benzene rings is 1. The monoisotopic (exact) mass is 218 g/mol. The molecular formula is C14H22N2. The molecule has 1 aliphatic rings. The van der Waals surface area contributed by atoms with E-state index in [-0.39, 0.29) is 0 Å². The molecule has 0 aromatic heterocycles. The lowest BCUT2D eigenvalue weighted by Gasteiger charge is -2.34. The van der Waals surface area contributed by atoms with Crippen LogP contribution in [0.2, 0.25) is 0 Å². The molecule has 2 heteroatoms. The molecule has 16 heavy (non-hydrogen) atoms. The average Bonchev–Trinajstić information content (AvgIpc) is 2.39. The van der Waals surface area contributed by atoms with E-state index in [1.165, 1.54) is 43.4 Å². The molecule has 1 aromatic rings. The van der Waals surface area contributed by atoms with Crippen LogP contribution in [0, 0.1) is 0 Å². The topological polar surface area (TPSA) is 29.3 Å². The normalized spacial score (nSPS) is 17.4. The summed E-state index contributed by atoms with van der Waals surface area (Å²) < 4.78 is 0. The van der Waals surface area contributed by atoms with Crippen LogP contribution in [0.5, 0.6) is 0 Å². The van der Waals surface area contributed by atoms with Gasteiger partial charge in [-0.2, -0.15) is 0 Å². The first-order valence-electron chi connectivity index (χ1n) is 6.33. The highest BCUT2D eigenvalue weighted by atomic mass is 15.1. The largest absolute Gasteiger partial charge is 0.371 e. The van der Waals surface area contributed by atoms with Crippen molar-refractivity contribution in [2.24, 2.45) is 5.73 Å². The molecule has 0 unspecified atom stereocenters. The van der Waals surface area contributed by atoms with Crippen molar-refractivity contribution in [2.45, 2.75) is 44.7 Å². The van der Waals surface area contributed by atoms with Crippen molar-refractivity contribution in [1.82, 2.24) is 0 Å². The highest BCUT2D eigenvalue weighted by Crippen LogP contribution is 2.28. The summed E-state index contributed by atoms with van der Waals surface area (Å²) in [4.78, 5) is 2.43. The van der Waals surface area contributed by atoms with Gasteiger partial charge in [0, 0.05) is 25.3 Å². The Labute approximate surface area is 98.4 Å². The molecule has 0 atom stereocenters. The molecule has 0 bridgehead atoms. The van der Waals surface area contributed by atoms with Gasteiger partial charge in [-0.15, -0.1) is 0 Å². The van der Waals surface area contributed by atoms with Crippen LogP contribution in [0.15, 0.2) is 24.3 Å². The molecular weight excluding hydrogens is 196 g/mol. The predicted molar refractivity (Wildman–Crippen MR) is 69.6 cm³/mol. The Morgan fingerprint density at radius 3 is 2.56 bits per heavy atom. The summed E-state index contributed by atoms with van der Waals surface area (Å²) in [5, 5.41) is 0. The van der Waals surface area contributed by atoms with Crippen molar-refractivity contribution < 1.29 is 0 Å². The van der Waals surface area contributed by atoms with Crippen LogP contribution in [-0.4, -0.2) is 13.1 Å². The molecule has 1 aromatic carbocycles. The lowest BCUT2D eigenvalue weighted by atomic mass is 9.94. The van der Waals surface area contributed by atoms with E-state index in [1.54, 1.807) is 0 Å². The third-order valence-electron chi connectivity index (χ3n) is 3.71. The Kier molecular flexibility index (Phi) is 3.83. The smallest absolute Gasteiger partial charge is 0.0411 e. The van der Waals surface area contributed by atoms with Crippen molar-refractivity contribution in [3.05, 3.63) is 29.8 Å². The molecule has 0 radical (unpaired) electrons. The van der Waals surface area contributed by atoms with Crippen LogP contribution >= 0.6 is 0 Å². The molecule has 2 N–H and O–H groups in total. The van der Waals surface area contributed by atoms with Crippen molar-refractivity contribution in [3.8, 4) is 0 Å². The van der Waals surface area contributed by atoms with E-state index in [2.05, 4.69) is 36.2 Å². The second-order valence-electron chi connectivity index (χ2n) is 4.74. The van der Waals surface area contributed by atoms with E-state index in [0.717, 1.165) is 0 Å². The van der Waals surface area contributed by atoms with Crippen molar-refractivity contribution in [2.75, 3.05) is 11.9 Å². The zero-order valence-electron chi connectivity index (χ0n) is 10.2. The van der Waals surface area contributed by atoms with Gasteiger partial charge < -0.3 is 10.6 Å². The maximum atomic E-state index is 5.79. The quantitative estimate of drug-likeness (QED) is 0.845. The summed E-state index contributed by atoms with van der Waals surface area (Å²) in [7, 11) is 2.21. The number of nitrogens with zero attached hydrogens (tertiary/aromatic N) is 1. The molecule has 0 heterocycles. The fraction of sp³-hybridized carbons (Fsp3) is 0.571. The maximum Gasteiger partial charge on any atom is 0.0411 e. The number of hydrogen-bond donors (Lipinski definition) is 1. The van der Waals surface area contributed by atoms with Gasteiger partial charge in [0.05, 0.1) is 0 Å². The highest BCUT2D eigenvalue weighted by Gasteiger charge is 2.19. The molecule has 0 amide bonds. The minimum atomic E-state index is 0.632. The molecule has 2 nitrogen and oxygen atoms in total. The summed E-state index contributed by atoms with van der Waals surface area (Å²) in [5.41, 5.74) is 8.37. The Hall–Kier alpha value is -1.02. The van der Waals surface area contributed by atoms with Crippen LogP contribution in [0.3, 0.4) is 0 Å². The van der Waals surface area contributed by atoms with E-state index in [9.17, 15) is 0 Å². The fourth-order valence-electron chi connectivity index (χ4n) is 2.69. The van der Waals surface area contributed by atoms with Gasteiger partial charge in [-0.25, -0.2) is 0 Å². The Morgan fingerprint density at radius 2 is 1.88 bits per heavy atom. The van der Waals surface area contributed by atoms with Crippen LogP contribution < -0.4 is 10.6 Å². The molecule has 2 rings (SSSR count). The van der Waals surface area contributed by atoms with Gasteiger partial charge in [0.1, 0.15) is 0 Å². The SMILES string of the molecule is CN(c1ccccc1CN)C1CCCCC1. The van der Waals surface area contributed by atoms with Gasteiger partial charge in [-0.3, -0.25) is 0 Å². The maximum absolute atomic E-state index is 5.79. The third kappa shape index (κ3) is 2.38. The first kappa shape index (κ1) is 11.5. The number of anilines is 1. The molecule has 0 saturated heterocycles. The number of hydrogen-bond acceptors (Lipinski definition) is 2. The molecule has 1 fully saturated rings. The van der Waals surface area contributed by atoms with Gasteiger partial charge in [-0.1, -0.05) is 37.5 Å². The Bertz CT molecular complexity index is 329. The van der Waals surface area contributed by atoms with E-state index in [1.807, 2.05) is 0 Å². The molecule has 0 spiro atoms. The van der Waals surface area contributed by atoms with E-state index in [0.29, 0.717) is 12.6 Å². The number of rotatable bonds is 3. The molecule has 88 valence electrons. The minimum Gasteiger partial charge on any atom is -0.371 e.